The molecule has 1 saturated heterocycles. The van der Waals surface area contributed by atoms with Gasteiger partial charge in [-0.25, -0.2) is 4.98 Å². The van der Waals surface area contributed by atoms with Crippen molar-refractivity contribution in [2.75, 3.05) is 12.3 Å². The Labute approximate surface area is 131 Å². The molecular formula is C13H13N3O3S2. The van der Waals surface area contributed by atoms with Crippen molar-refractivity contribution in [2.45, 2.75) is 12.8 Å². The summed E-state index contributed by atoms with van der Waals surface area (Å²) in [7, 11) is 0. The number of nitrogens with two attached hydrogens (primary N) is 1. The number of hydrogen-bond donors (Lipinski definition) is 2. The maximum absolute atomic E-state index is 12.2. The number of thioether (sulfide) groups is 1. The molecule has 0 unspecified atom stereocenters. The summed E-state index contributed by atoms with van der Waals surface area (Å²) < 4.78 is 0.430. The Hall–Kier alpha value is -1.93. The number of carbonyl (C=O) groups excluding carboxylic acids is 1. The lowest BCUT2D eigenvalue weighted by Crippen LogP contribution is -2.29. The van der Waals surface area contributed by atoms with Crippen LogP contribution in [0.2, 0.25) is 0 Å². The number of hydrogen-bond acceptors (Lipinski definition) is 6. The lowest BCUT2D eigenvalue weighted by molar-refractivity contribution is -0.137. The lowest BCUT2D eigenvalue weighted by atomic mass is 10.2. The molecule has 6 nitrogen and oxygen atoms in total. The fourth-order valence-electron chi connectivity index (χ4n) is 1.77. The minimum absolute atomic E-state index is 0.00562. The van der Waals surface area contributed by atoms with Gasteiger partial charge in [0.15, 0.2) is 0 Å². The van der Waals surface area contributed by atoms with Crippen molar-refractivity contribution in [1.29, 1.82) is 0 Å². The molecule has 0 radical (unpaired) electrons. The first kappa shape index (κ1) is 15.5. The number of aromatic nitrogens is 1. The van der Waals surface area contributed by atoms with Crippen LogP contribution in [0, 0.1) is 0 Å². The molecule has 0 atom stereocenters. The van der Waals surface area contributed by atoms with E-state index in [9.17, 15) is 9.59 Å². The Balaban J connectivity index is 2.11. The third-order valence-corrected chi connectivity index (χ3v) is 4.18. The third kappa shape index (κ3) is 3.79. The number of carboxylic acid groups (broad SMARTS) is 1. The highest BCUT2D eigenvalue weighted by molar-refractivity contribution is 8.26. The van der Waals surface area contributed by atoms with Crippen molar-refractivity contribution < 1.29 is 14.7 Å². The summed E-state index contributed by atoms with van der Waals surface area (Å²) in [5, 5.41) is 8.62. The van der Waals surface area contributed by atoms with Gasteiger partial charge in [0.25, 0.3) is 5.91 Å². The summed E-state index contributed by atoms with van der Waals surface area (Å²) in [6.45, 7) is 0.302. The molecule has 1 aliphatic rings. The Morgan fingerprint density at radius 2 is 2.33 bits per heavy atom. The van der Waals surface area contributed by atoms with Crippen molar-refractivity contribution in [2.24, 2.45) is 0 Å². The van der Waals surface area contributed by atoms with Crippen LogP contribution in [0.15, 0.2) is 23.2 Å². The molecule has 1 aliphatic heterocycles. The summed E-state index contributed by atoms with van der Waals surface area (Å²) >= 11 is 6.34. The largest absolute Gasteiger partial charge is 0.481 e. The fourth-order valence-corrected chi connectivity index (χ4v) is 3.07. The minimum Gasteiger partial charge on any atom is -0.481 e. The number of pyridine rings is 1. The van der Waals surface area contributed by atoms with Crippen LogP contribution < -0.4 is 5.73 Å². The van der Waals surface area contributed by atoms with E-state index in [0.717, 1.165) is 0 Å². The van der Waals surface area contributed by atoms with Crippen LogP contribution in [0.3, 0.4) is 0 Å². The van der Waals surface area contributed by atoms with Gasteiger partial charge in [-0.2, -0.15) is 0 Å². The van der Waals surface area contributed by atoms with Crippen molar-refractivity contribution in [3.63, 3.8) is 0 Å². The normalized spacial score (nSPS) is 16.8. The smallest absolute Gasteiger partial charge is 0.303 e. The molecule has 1 amide bonds. The first-order chi connectivity index (χ1) is 9.99. The van der Waals surface area contributed by atoms with Gasteiger partial charge in [0, 0.05) is 24.7 Å². The van der Waals surface area contributed by atoms with Crippen LogP contribution in [0.25, 0.3) is 6.08 Å². The first-order valence-electron chi connectivity index (χ1n) is 6.16. The SMILES string of the molecule is Nc1ncccc1/C=C1\SC(=S)N(CCCC(=O)O)C1=O. The standard InChI is InChI=1S/C13H13N3O3S2/c14-11-8(3-1-5-15-11)7-9-12(19)16(13(20)21-9)6-2-4-10(17)18/h1,3,5,7H,2,4,6H2,(H2,14,15)(H,17,18)/b9-7-. The van der Waals surface area contributed by atoms with E-state index in [0.29, 0.717) is 33.6 Å². The van der Waals surface area contributed by atoms with Gasteiger partial charge < -0.3 is 10.8 Å². The van der Waals surface area contributed by atoms with Gasteiger partial charge in [0.05, 0.1) is 4.91 Å². The molecule has 21 heavy (non-hydrogen) atoms. The van der Waals surface area contributed by atoms with Gasteiger partial charge >= 0.3 is 5.97 Å². The van der Waals surface area contributed by atoms with Crippen LogP contribution >= 0.6 is 24.0 Å². The van der Waals surface area contributed by atoms with Crippen molar-refractivity contribution in [3.05, 3.63) is 28.8 Å². The molecule has 0 spiro atoms. The zero-order valence-electron chi connectivity index (χ0n) is 11.0. The number of rotatable bonds is 5. The van der Waals surface area contributed by atoms with E-state index in [2.05, 4.69) is 4.98 Å². The maximum Gasteiger partial charge on any atom is 0.303 e. The topological polar surface area (TPSA) is 96.5 Å². The monoisotopic (exact) mass is 323 g/mol. The molecule has 3 N–H and O–H groups in total. The quantitative estimate of drug-likeness (QED) is 0.629. The van der Waals surface area contributed by atoms with E-state index in [-0.39, 0.29) is 12.3 Å². The Bertz CT molecular complexity index is 631. The average Bonchev–Trinajstić information content (AvgIpc) is 2.68. The third-order valence-electron chi connectivity index (χ3n) is 2.80. The predicted molar refractivity (Wildman–Crippen MR) is 85.4 cm³/mol. The summed E-state index contributed by atoms with van der Waals surface area (Å²) in [6.07, 6.45) is 3.60. The second-order valence-electron chi connectivity index (χ2n) is 4.31. The molecule has 8 heteroatoms. The zero-order valence-corrected chi connectivity index (χ0v) is 12.6. The van der Waals surface area contributed by atoms with Gasteiger partial charge in [-0.1, -0.05) is 24.0 Å². The highest BCUT2D eigenvalue weighted by Gasteiger charge is 2.31. The molecule has 0 aromatic carbocycles. The molecule has 110 valence electrons. The number of carboxylic acids is 1. The van der Waals surface area contributed by atoms with Crippen molar-refractivity contribution in [1.82, 2.24) is 9.88 Å². The summed E-state index contributed by atoms with van der Waals surface area (Å²) in [6, 6.07) is 3.50. The van der Waals surface area contributed by atoms with Crippen LogP contribution in [-0.4, -0.2) is 37.7 Å². The summed E-state index contributed by atoms with van der Waals surface area (Å²) in [5.41, 5.74) is 6.39. The predicted octanol–water partition coefficient (Wildman–Crippen LogP) is 1.73. The van der Waals surface area contributed by atoms with Crippen LogP contribution in [0.4, 0.5) is 5.82 Å². The first-order valence-corrected chi connectivity index (χ1v) is 7.39. The second kappa shape index (κ2) is 6.68. The highest BCUT2D eigenvalue weighted by Crippen LogP contribution is 2.33. The van der Waals surface area contributed by atoms with E-state index in [1.807, 2.05) is 0 Å². The van der Waals surface area contributed by atoms with Crippen LogP contribution in [0.5, 0.6) is 0 Å². The second-order valence-corrected chi connectivity index (χ2v) is 5.98. The number of thiocarbonyl (C=S) groups is 1. The van der Waals surface area contributed by atoms with E-state index in [1.54, 1.807) is 24.4 Å². The lowest BCUT2D eigenvalue weighted by Gasteiger charge is -2.13. The molecule has 1 aromatic heterocycles. The Kier molecular flexibility index (Phi) is 4.92. The highest BCUT2D eigenvalue weighted by atomic mass is 32.2. The molecule has 1 fully saturated rings. The minimum atomic E-state index is -0.890. The van der Waals surface area contributed by atoms with Gasteiger partial charge in [-0.3, -0.25) is 14.5 Å². The number of aliphatic carboxylic acids is 1. The molecule has 2 heterocycles. The summed E-state index contributed by atoms with van der Waals surface area (Å²) in [4.78, 5) is 28.6. The van der Waals surface area contributed by atoms with E-state index < -0.39 is 5.97 Å². The van der Waals surface area contributed by atoms with E-state index in [1.165, 1.54) is 16.7 Å². The molecular weight excluding hydrogens is 310 g/mol. The summed E-state index contributed by atoms with van der Waals surface area (Å²) in [5.74, 6) is -0.772. The fraction of sp³-hybridized carbons (Fsp3) is 0.231. The van der Waals surface area contributed by atoms with Gasteiger partial charge in [0.1, 0.15) is 10.1 Å². The number of amides is 1. The molecule has 0 saturated carbocycles. The molecule has 0 bridgehead atoms. The number of nitrogen functional groups attached to an aromatic ring is 1. The maximum atomic E-state index is 12.2. The van der Waals surface area contributed by atoms with Crippen molar-refractivity contribution >= 4 is 52.1 Å². The van der Waals surface area contributed by atoms with Gasteiger partial charge in [-0.05, 0) is 24.6 Å². The Morgan fingerprint density at radius 1 is 1.57 bits per heavy atom. The van der Waals surface area contributed by atoms with E-state index >= 15 is 0 Å². The average molecular weight is 323 g/mol. The van der Waals surface area contributed by atoms with Crippen LogP contribution in [-0.2, 0) is 9.59 Å². The van der Waals surface area contributed by atoms with Gasteiger partial charge in [0.2, 0.25) is 0 Å². The van der Waals surface area contributed by atoms with Gasteiger partial charge in [-0.15, -0.1) is 0 Å². The van der Waals surface area contributed by atoms with Crippen molar-refractivity contribution in [3.8, 4) is 0 Å². The molecule has 2 rings (SSSR count). The zero-order chi connectivity index (χ0) is 15.4. The van der Waals surface area contributed by atoms with E-state index in [4.69, 9.17) is 23.1 Å². The number of anilines is 1. The number of nitrogens with zero attached hydrogens (tertiary/aromatic N) is 2. The van der Waals surface area contributed by atoms with Crippen LogP contribution in [0.1, 0.15) is 18.4 Å². The number of carbonyl (C=O) groups is 2. The Morgan fingerprint density at radius 3 is 3.00 bits per heavy atom. The molecule has 0 aliphatic carbocycles. The molecule has 1 aromatic rings.